The van der Waals surface area contributed by atoms with E-state index >= 15 is 0 Å². The van der Waals surface area contributed by atoms with Gasteiger partial charge in [-0.3, -0.25) is 14.7 Å². The van der Waals surface area contributed by atoms with E-state index in [1.165, 1.54) is 37.8 Å². The van der Waals surface area contributed by atoms with E-state index in [9.17, 15) is 4.79 Å². The minimum Gasteiger partial charge on any atom is -0.369 e. The second kappa shape index (κ2) is 9.02. The van der Waals surface area contributed by atoms with Gasteiger partial charge in [-0.05, 0) is 37.9 Å². The maximum atomic E-state index is 12.0. The van der Waals surface area contributed by atoms with Crippen molar-refractivity contribution in [2.24, 2.45) is 0 Å². The van der Waals surface area contributed by atoms with Crippen molar-refractivity contribution in [3.05, 3.63) is 24.5 Å². The molecular formula is C19H30N4O. The molecule has 0 atom stereocenters. The summed E-state index contributed by atoms with van der Waals surface area (Å²) in [7, 11) is 0. The molecule has 0 unspecified atom stereocenters. The van der Waals surface area contributed by atoms with Crippen molar-refractivity contribution in [1.29, 1.82) is 0 Å². The maximum absolute atomic E-state index is 12.0. The largest absolute Gasteiger partial charge is 0.369 e. The molecule has 1 saturated carbocycles. The number of pyridine rings is 1. The van der Waals surface area contributed by atoms with Crippen LogP contribution in [0.25, 0.3) is 0 Å². The lowest BCUT2D eigenvalue weighted by molar-refractivity contribution is -0.122. The molecule has 1 saturated heterocycles. The highest BCUT2D eigenvalue weighted by Gasteiger charge is 2.18. The molecule has 1 N–H and O–H groups in total. The molecule has 1 aromatic rings. The summed E-state index contributed by atoms with van der Waals surface area (Å²) in [6.45, 7) is 5.29. The quantitative estimate of drug-likeness (QED) is 0.870. The van der Waals surface area contributed by atoms with E-state index in [1.807, 2.05) is 12.4 Å². The van der Waals surface area contributed by atoms with Crippen LogP contribution in [0.3, 0.4) is 0 Å². The maximum Gasteiger partial charge on any atom is 0.220 e. The van der Waals surface area contributed by atoms with Crippen molar-refractivity contribution in [1.82, 2.24) is 15.2 Å². The molecule has 24 heavy (non-hydrogen) atoms. The van der Waals surface area contributed by atoms with E-state index < -0.39 is 0 Å². The summed E-state index contributed by atoms with van der Waals surface area (Å²) < 4.78 is 0. The fourth-order valence-electron chi connectivity index (χ4n) is 3.79. The predicted octanol–water partition coefficient (Wildman–Crippen LogP) is 2.43. The average molecular weight is 330 g/mol. The summed E-state index contributed by atoms with van der Waals surface area (Å²) in [5.74, 6) is 0.248. The Balaban J connectivity index is 1.30. The number of carbonyl (C=O) groups excluding carboxylic acids is 1. The smallest absolute Gasteiger partial charge is 0.220 e. The Morgan fingerprint density at radius 2 is 1.79 bits per heavy atom. The predicted molar refractivity (Wildman–Crippen MR) is 97.1 cm³/mol. The molecular weight excluding hydrogens is 300 g/mol. The van der Waals surface area contributed by atoms with Crippen molar-refractivity contribution in [2.75, 3.05) is 37.6 Å². The highest BCUT2D eigenvalue weighted by molar-refractivity contribution is 5.76. The van der Waals surface area contributed by atoms with Crippen LogP contribution in [0.5, 0.6) is 0 Å². The molecule has 2 aliphatic rings. The Kier molecular flexibility index (Phi) is 6.47. The van der Waals surface area contributed by atoms with Gasteiger partial charge in [0.2, 0.25) is 5.91 Å². The molecule has 0 spiro atoms. The molecule has 2 fully saturated rings. The van der Waals surface area contributed by atoms with Crippen molar-refractivity contribution in [3.8, 4) is 0 Å². The topological polar surface area (TPSA) is 48.5 Å². The minimum atomic E-state index is 0.248. The minimum absolute atomic E-state index is 0.248. The summed E-state index contributed by atoms with van der Waals surface area (Å²) in [6, 6.07) is 4.59. The number of rotatable bonds is 6. The fourth-order valence-corrected chi connectivity index (χ4v) is 3.79. The van der Waals surface area contributed by atoms with Gasteiger partial charge in [-0.1, -0.05) is 19.3 Å². The molecule has 5 nitrogen and oxygen atoms in total. The Labute approximate surface area is 145 Å². The van der Waals surface area contributed by atoms with E-state index in [2.05, 4.69) is 32.2 Å². The van der Waals surface area contributed by atoms with Gasteiger partial charge >= 0.3 is 0 Å². The van der Waals surface area contributed by atoms with Crippen LogP contribution in [0.4, 0.5) is 5.69 Å². The van der Waals surface area contributed by atoms with Gasteiger partial charge in [0.15, 0.2) is 0 Å². The lowest BCUT2D eigenvalue weighted by Crippen LogP contribution is -2.46. The molecule has 2 heterocycles. The number of hydrogen-bond donors (Lipinski definition) is 1. The Bertz CT molecular complexity index is 493. The number of aromatic nitrogens is 1. The molecule has 1 aliphatic carbocycles. The van der Waals surface area contributed by atoms with Gasteiger partial charge in [0.05, 0.1) is 0 Å². The average Bonchev–Trinajstić information content (AvgIpc) is 2.64. The van der Waals surface area contributed by atoms with Crippen LogP contribution in [0.15, 0.2) is 24.5 Å². The summed E-state index contributed by atoms with van der Waals surface area (Å²) in [6.07, 6.45) is 11.6. The summed E-state index contributed by atoms with van der Waals surface area (Å²) in [5.41, 5.74) is 1.26. The lowest BCUT2D eigenvalue weighted by Gasteiger charge is -2.36. The van der Waals surface area contributed by atoms with E-state index in [4.69, 9.17) is 0 Å². The molecule has 1 aromatic heterocycles. The third-order valence-corrected chi connectivity index (χ3v) is 5.25. The number of hydrogen-bond acceptors (Lipinski definition) is 4. The molecule has 132 valence electrons. The second-order valence-electron chi connectivity index (χ2n) is 7.04. The first-order valence-electron chi connectivity index (χ1n) is 9.48. The van der Waals surface area contributed by atoms with Gasteiger partial charge < -0.3 is 10.2 Å². The first kappa shape index (κ1) is 17.2. The van der Waals surface area contributed by atoms with Gasteiger partial charge in [0.25, 0.3) is 0 Å². The van der Waals surface area contributed by atoms with Gasteiger partial charge in [0, 0.05) is 56.7 Å². The molecule has 1 aliphatic heterocycles. The third kappa shape index (κ3) is 5.20. The zero-order chi connectivity index (χ0) is 16.6. The number of carbonyl (C=O) groups is 1. The zero-order valence-corrected chi connectivity index (χ0v) is 14.6. The standard InChI is InChI=1S/C19H30N4O/c24-19(21-17-5-2-1-3-6-17)7-4-12-22-13-15-23(16-14-22)18-8-10-20-11-9-18/h8-11,17H,1-7,12-16H2,(H,21,24). The Morgan fingerprint density at radius 3 is 2.50 bits per heavy atom. The van der Waals surface area contributed by atoms with Gasteiger partial charge in [-0.15, -0.1) is 0 Å². The Morgan fingerprint density at radius 1 is 1.08 bits per heavy atom. The van der Waals surface area contributed by atoms with E-state index in [1.54, 1.807) is 0 Å². The van der Waals surface area contributed by atoms with Crippen LogP contribution < -0.4 is 10.2 Å². The van der Waals surface area contributed by atoms with E-state index in [0.29, 0.717) is 12.5 Å². The monoisotopic (exact) mass is 330 g/mol. The molecule has 5 heteroatoms. The van der Waals surface area contributed by atoms with Crippen molar-refractivity contribution < 1.29 is 4.79 Å². The van der Waals surface area contributed by atoms with Crippen LogP contribution >= 0.6 is 0 Å². The second-order valence-corrected chi connectivity index (χ2v) is 7.04. The van der Waals surface area contributed by atoms with Gasteiger partial charge in [-0.2, -0.15) is 0 Å². The number of amides is 1. The SMILES string of the molecule is O=C(CCCN1CCN(c2ccncc2)CC1)NC1CCCCC1. The summed E-state index contributed by atoms with van der Waals surface area (Å²) in [4.78, 5) is 21.0. The van der Waals surface area contributed by atoms with Crippen molar-refractivity contribution in [3.63, 3.8) is 0 Å². The van der Waals surface area contributed by atoms with Gasteiger partial charge in [0.1, 0.15) is 0 Å². The van der Waals surface area contributed by atoms with Crippen LogP contribution in [0, 0.1) is 0 Å². The number of nitrogens with one attached hydrogen (secondary N) is 1. The highest BCUT2D eigenvalue weighted by Crippen LogP contribution is 2.18. The third-order valence-electron chi connectivity index (χ3n) is 5.25. The van der Waals surface area contributed by atoms with Gasteiger partial charge in [-0.25, -0.2) is 0 Å². The molecule has 0 bridgehead atoms. The fraction of sp³-hybridized carbons (Fsp3) is 0.684. The summed E-state index contributed by atoms with van der Waals surface area (Å²) >= 11 is 0. The van der Waals surface area contributed by atoms with E-state index in [0.717, 1.165) is 39.1 Å². The first-order chi connectivity index (χ1) is 11.8. The van der Waals surface area contributed by atoms with Crippen LogP contribution in [0.1, 0.15) is 44.9 Å². The zero-order valence-electron chi connectivity index (χ0n) is 14.6. The molecule has 3 rings (SSSR count). The Hall–Kier alpha value is -1.62. The van der Waals surface area contributed by atoms with Crippen LogP contribution in [0.2, 0.25) is 0 Å². The van der Waals surface area contributed by atoms with Crippen molar-refractivity contribution >= 4 is 11.6 Å². The number of nitrogens with zero attached hydrogens (tertiary/aromatic N) is 3. The number of piperazine rings is 1. The normalized spacial score (nSPS) is 20.1. The summed E-state index contributed by atoms with van der Waals surface area (Å²) in [5, 5.41) is 3.21. The molecule has 0 radical (unpaired) electrons. The molecule has 1 amide bonds. The lowest BCUT2D eigenvalue weighted by atomic mass is 9.95. The first-order valence-corrected chi connectivity index (χ1v) is 9.48. The van der Waals surface area contributed by atoms with Crippen molar-refractivity contribution in [2.45, 2.75) is 51.0 Å². The van der Waals surface area contributed by atoms with E-state index in [-0.39, 0.29) is 5.91 Å². The number of anilines is 1. The van der Waals surface area contributed by atoms with Crippen LogP contribution in [-0.2, 0) is 4.79 Å². The highest BCUT2D eigenvalue weighted by atomic mass is 16.1. The molecule has 0 aromatic carbocycles. The van der Waals surface area contributed by atoms with Crippen LogP contribution in [-0.4, -0.2) is 54.6 Å².